The number of anilines is 1. The number of benzene rings is 2. The van der Waals surface area contributed by atoms with Crippen molar-refractivity contribution in [2.75, 3.05) is 18.8 Å². The standard InChI is InChI=1S/C24H28N6O.ClH/c1-15(2)31-20-6-5-17-11-19(4-3-18(17)12-20)22-21-23(25)27-14-28-24(21)30(29-22)13-16-7-9-26-10-8-16;/h3-6,11-12,14-16,26H,7-10,13H2,1-2H3,(H2,25,27,28);1H. The van der Waals surface area contributed by atoms with Crippen LogP contribution >= 0.6 is 12.4 Å². The van der Waals surface area contributed by atoms with Gasteiger partial charge in [0, 0.05) is 12.1 Å². The molecule has 0 aliphatic carbocycles. The van der Waals surface area contributed by atoms with Gasteiger partial charge >= 0.3 is 0 Å². The Morgan fingerprint density at radius 2 is 1.84 bits per heavy atom. The van der Waals surface area contributed by atoms with Crippen LogP contribution < -0.4 is 15.8 Å². The molecule has 0 amide bonds. The molecule has 2 aromatic heterocycles. The van der Waals surface area contributed by atoms with Crippen LogP contribution in [0.3, 0.4) is 0 Å². The lowest BCUT2D eigenvalue weighted by Crippen LogP contribution is -2.30. The van der Waals surface area contributed by atoms with E-state index in [0.29, 0.717) is 11.7 Å². The van der Waals surface area contributed by atoms with Crippen molar-refractivity contribution in [3.63, 3.8) is 0 Å². The van der Waals surface area contributed by atoms with Gasteiger partial charge in [0.25, 0.3) is 0 Å². The van der Waals surface area contributed by atoms with Crippen LogP contribution in [0.15, 0.2) is 42.7 Å². The van der Waals surface area contributed by atoms with Gasteiger partial charge in [-0.1, -0.05) is 18.2 Å². The number of ether oxygens (including phenoxy) is 1. The molecule has 1 fully saturated rings. The zero-order valence-electron chi connectivity index (χ0n) is 18.4. The van der Waals surface area contributed by atoms with Gasteiger partial charge in [-0.3, -0.25) is 0 Å². The summed E-state index contributed by atoms with van der Waals surface area (Å²) in [5, 5.41) is 11.5. The van der Waals surface area contributed by atoms with E-state index in [1.807, 2.05) is 24.6 Å². The predicted octanol–water partition coefficient (Wildman–Crippen LogP) is 4.44. The fraction of sp³-hybridized carbons (Fsp3) is 0.375. The molecule has 32 heavy (non-hydrogen) atoms. The van der Waals surface area contributed by atoms with Crippen LogP contribution in [0.4, 0.5) is 5.82 Å². The van der Waals surface area contributed by atoms with Gasteiger partial charge in [-0.15, -0.1) is 12.4 Å². The number of fused-ring (bicyclic) bond motifs is 2. The molecule has 5 rings (SSSR count). The van der Waals surface area contributed by atoms with Crippen LogP contribution in [0.5, 0.6) is 5.75 Å². The first-order chi connectivity index (χ1) is 15.1. The molecule has 0 saturated carbocycles. The normalized spacial score (nSPS) is 14.7. The second-order valence-electron chi connectivity index (χ2n) is 8.57. The Bertz CT molecular complexity index is 1230. The van der Waals surface area contributed by atoms with E-state index in [0.717, 1.165) is 71.3 Å². The second kappa shape index (κ2) is 9.30. The summed E-state index contributed by atoms with van der Waals surface area (Å²) in [6, 6.07) is 12.5. The van der Waals surface area contributed by atoms with E-state index < -0.39 is 0 Å². The fourth-order valence-electron chi connectivity index (χ4n) is 4.39. The maximum Gasteiger partial charge on any atom is 0.163 e. The molecular weight excluding hydrogens is 424 g/mol. The van der Waals surface area contributed by atoms with Gasteiger partial charge in [0.1, 0.15) is 23.6 Å². The second-order valence-corrected chi connectivity index (χ2v) is 8.57. The highest BCUT2D eigenvalue weighted by Gasteiger charge is 2.21. The molecule has 7 nitrogen and oxygen atoms in total. The molecule has 3 N–H and O–H groups in total. The van der Waals surface area contributed by atoms with Crippen LogP contribution in [0.2, 0.25) is 0 Å². The summed E-state index contributed by atoms with van der Waals surface area (Å²) in [6.45, 7) is 7.02. The van der Waals surface area contributed by atoms with Crippen molar-refractivity contribution in [2.45, 2.75) is 39.3 Å². The van der Waals surface area contributed by atoms with E-state index >= 15 is 0 Å². The Kier molecular flexibility index (Phi) is 6.48. The molecule has 0 unspecified atom stereocenters. The Morgan fingerprint density at radius 3 is 2.62 bits per heavy atom. The van der Waals surface area contributed by atoms with Crippen molar-refractivity contribution in [1.29, 1.82) is 0 Å². The number of nitrogens with two attached hydrogens (primary N) is 1. The molecule has 1 saturated heterocycles. The molecule has 0 radical (unpaired) electrons. The van der Waals surface area contributed by atoms with E-state index in [-0.39, 0.29) is 18.5 Å². The highest BCUT2D eigenvalue weighted by atomic mass is 35.5. The van der Waals surface area contributed by atoms with Crippen LogP contribution in [-0.4, -0.2) is 38.9 Å². The van der Waals surface area contributed by atoms with Crippen molar-refractivity contribution < 1.29 is 4.74 Å². The van der Waals surface area contributed by atoms with Crippen molar-refractivity contribution >= 4 is 40.0 Å². The van der Waals surface area contributed by atoms with Gasteiger partial charge in [-0.25, -0.2) is 14.6 Å². The van der Waals surface area contributed by atoms with E-state index in [9.17, 15) is 0 Å². The maximum absolute atomic E-state index is 6.29. The minimum atomic E-state index is 0. The lowest BCUT2D eigenvalue weighted by Gasteiger charge is -2.22. The molecule has 0 atom stereocenters. The van der Waals surface area contributed by atoms with Crippen LogP contribution in [0.1, 0.15) is 26.7 Å². The molecule has 3 heterocycles. The number of nitrogens with zero attached hydrogens (tertiary/aromatic N) is 4. The topological polar surface area (TPSA) is 90.9 Å². The van der Waals surface area contributed by atoms with E-state index in [1.54, 1.807) is 0 Å². The average Bonchev–Trinajstić information content (AvgIpc) is 3.13. The molecule has 1 aliphatic rings. The number of piperidine rings is 1. The van der Waals surface area contributed by atoms with E-state index in [4.69, 9.17) is 15.6 Å². The Morgan fingerprint density at radius 1 is 1.09 bits per heavy atom. The molecule has 2 aromatic carbocycles. The van der Waals surface area contributed by atoms with Gasteiger partial charge in [-0.05, 0) is 74.7 Å². The Hall–Kier alpha value is -2.90. The van der Waals surface area contributed by atoms with Gasteiger partial charge < -0.3 is 15.8 Å². The highest BCUT2D eigenvalue weighted by Crippen LogP contribution is 2.33. The molecule has 168 valence electrons. The first kappa shape index (κ1) is 22.3. The van der Waals surface area contributed by atoms with E-state index in [2.05, 4.69) is 45.6 Å². The third-order valence-electron chi connectivity index (χ3n) is 5.91. The third kappa shape index (κ3) is 4.36. The Balaban J connectivity index is 0.00000245. The predicted molar refractivity (Wildman–Crippen MR) is 131 cm³/mol. The number of hydrogen-bond acceptors (Lipinski definition) is 6. The number of halogens is 1. The zero-order valence-corrected chi connectivity index (χ0v) is 19.2. The van der Waals surface area contributed by atoms with Gasteiger partial charge in [0.15, 0.2) is 5.65 Å². The average molecular weight is 453 g/mol. The first-order valence-electron chi connectivity index (χ1n) is 11.0. The van der Waals surface area contributed by atoms with Gasteiger partial charge in [0.05, 0.1) is 11.5 Å². The van der Waals surface area contributed by atoms with Crippen LogP contribution in [0.25, 0.3) is 33.1 Å². The van der Waals surface area contributed by atoms with Crippen LogP contribution in [-0.2, 0) is 6.54 Å². The third-order valence-corrected chi connectivity index (χ3v) is 5.91. The molecule has 4 aromatic rings. The Labute approximate surface area is 193 Å². The molecule has 0 bridgehead atoms. The summed E-state index contributed by atoms with van der Waals surface area (Å²) in [4.78, 5) is 8.77. The largest absolute Gasteiger partial charge is 0.491 e. The number of aromatic nitrogens is 4. The van der Waals surface area contributed by atoms with Crippen molar-refractivity contribution in [1.82, 2.24) is 25.1 Å². The quantitative estimate of drug-likeness (QED) is 0.465. The summed E-state index contributed by atoms with van der Waals surface area (Å²) in [6.07, 6.45) is 3.97. The zero-order chi connectivity index (χ0) is 21.4. The number of rotatable bonds is 5. The number of nitrogens with one attached hydrogen (secondary N) is 1. The smallest absolute Gasteiger partial charge is 0.163 e. The molecule has 0 spiro atoms. The molecule has 1 aliphatic heterocycles. The van der Waals surface area contributed by atoms with Crippen molar-refractivity contribution in [2.24, 2.45) is 5.92 Å². The lowest BCUT2D eigenvalue weighted by molar-refractivity contribution is 0.243. The van der Waals surface area contributed by atoms with Crippen molar-refractivity contribution in [3.8, 4) is 17.0 Å². The summed E-state index contributed by atoms with van der Waals surface area (Å²) < 4.78 is 7.85. The summed E-state index contributed by atoms with van der Waals surface area (Å²) in [5.41, 5.74) is 8.95. The first-order valence-corrected chi connectivity index (χ1v) is 11.0. The minimum Gasteiger partial charge on any atom is -0.491 e. The van der Waals surface area contributed by atoms with Crippen LogP contribution in [0, 0.1) is 5.92 Å². The SMILES string of the molecule is CC(C)Oc1ccc2cc(-c3nn(CC4CCNCC4)c4ncnc(N)c34)ccc2c1.Cl. The summed E-state index contributed by atoms with van der Waals surface area (Å²) in [5.74, 6) is 1.94. The lowest BCUT2D eigenvalue weighted by atomic mass is 9.98. The summed E-state index contributed by atoms with van der Waals surface area (Å²) in [7, 11) is 0. The maximum atomic E-state index is 6.29. The number of nitrogen functional groups attached to an aromatic ring is 1. The monoisotopic (exact) mass is 452 g/mol. The molecular formula is C24H29ClN6O. The van der Waals surface area contributed by atoms with Crippen molar-refractivity contribution in [3.05, 3.63) is 42.7 Å². The van der Waals surface area contributed by atoms with Gasteiger partial charge in [0.2, 0.25) is 0 Å². The fourth-order valence-corrected chi connectivity index (χ4v) is 4.39. The minimum absolute atomic E-state index is 0. The highest BCUT2D eigenvalue weighted by molar-refractivity contribution is 6.00. The molecule has 8 heteroatoms. The van der Waals surface area contributed by atoms with Gasteiger partial charge in [-0.2, -0.15) is 5.10 Å². The van der Waals surface area contributed by atoms with E-state index in [1.165, 1.54) is 6.33 Å². The number of hydrogen-bond donors (Lipinski definition) is 2. The summed E-state index contributed by atoms with van der Waals surface area (Å²) >= 11 is 0.